The SMILES string of the molecule is NC1CCC(n2cc(CO)nn2)C1. The molecular weight excluding hydrogens is 168 g/mol. The maximum Gasteiger partial charge on any atom is 0.108 e. The number of hydrogen-bond donors (Lipinski definition) is 2. The van der Waals surface area contributed by atoms with Gasteiger partial charge >= 0.3 is 0 Å². The van der Waals surface area contributed by atoms with Crippen molar-refractivity contribution in [1.29, 1.82) is 0 Å². The van der Waals surface area contributed by atoms with E-state index >= 15 is 0 Å². The van der Waals surface area contributed by atoms with Gasteiger partial charge in [0.25, 0.3) is 0 Å². The Kier molecular flexibility index (Phi) is 2.28. The Morgan fingerprint density at radius 1 is 1.62 bits per heavy atom. The number of nitrogens with two attached hydrogens (primary N) is 1. The van der Waals surface area contributed by atoms with E-state index in [9.17, 15) is 0 Å². The number of aliphatic hydroxyl groups excluding tert-OH is 1. The van der Waals surface area contributed by atoms with Gasteiger partial charge in [0.1, 0.15) is 5.69 Å². The maximum absolute atomic E-state index is 8.81. The Labute approximate surface area is 76.5 Å². The van der Waals surface area contributed by atoms with Crippen LogP contribution in [0.15, 0.2) is 6.20 Å². The van der Waals surface area contributed by atoms with E-state index in [0.29, 0.717) is 17.8 Å². The standard InChI is InChI=1S/C8H14N4O/c9-6-1-2-8(3-6)12-4-7(5-13)10-11-12/h4,6,8,13H,1-3,5,9H2. The molecule has 5 heteroatoms. The first-order valence-corrected chi connectivity index (χ1v) is 4.56. The summed E-state index contributed by atoms with van der Waals surface area (Å²) in [7, 11) is 0. The summed E-state index contributed by atoms with van der Waals surface area (Å²) in [6.07, 6.45) is 4.88. The van der Waals surface area contributed by atoms with Crippen molar-refractivity contribution in [2.45, 2.75) is 38.0 Å². The quantitative estimate of drug-likeness (QED) is 0.665. The second-order valence-electron chi connectivity index (χ2n) is 3.57. The van der Waals surface area contributed by atoms with Gasteiger partial charge in [0.2, 0.25) is 0 Å². The third-order valence-electron chi connectivity index (χ3n) is 2.54. The number of rotatable bonds is 2. The molecule has 0 aliphatic heterocycles. The zero-order valence-corrected chi connectivity index (χ0v) is 7.43. The Morgan fingerprint density at radius 2 is 2.46 bits per heavy atom. The average molecular weight is 182 g/mol. The second-order valence-corrected chi connectivity index (χ2v) is 3.57. The summed E-state index contributed by atoms with van der Waals surface area (Å²) in [5.41, 5.74) is 6.42. The fraction of sp³-hybridized carbons (Fsp3) is 0.750. The number of aliphatic hydroxyl groups is 1. The summed E-state index contributed by atoms with van der Waals surface area (Å²) in [6, 6.07) is 0.676. The molecular formula is C8H14N4O. The molecule has 1 aliphatic carbocycles. The lowest BCUT2D eigenvalue weighted by molar-refractivity contribution is 0.276. The highest BCUT2D eigenvalue weighted by Crippen LogP contribution is 2.27. The molecule has 0 radical (unpaired) electrons. The second kappa shape index (κ2) is 3.43. The van der Waals surface area contributed by atoms with Crippen LogP contribution in [0.4, 0.5) is 0 Å². The highest BCUT2D eigenvalue weighted by Gasteiger charge is 2.23. The van der Waals surface area contributed by atoms with Crippen molar-refractivity contribution >= 4 is 0 Å². The van der Waals surface area contributed by atoms with Crippen LogP contribution in [0.25, 0.3) is 0 Å². The predicted octanol–water partition coefficient (Wildman–Crippen LogP) is -0.177. The molecule has 1 fully saturated rings. The highest BCUT2D eigenvalue weighted by atomic mass is 16.3. The first-order valence-electron chi connectivity index (χ1n) is 4.56. The van der Waals surface area contributed by atoms with Crippen LogP contribution in [-0.4, -0.2) is 26.1 Å². The molecule has 0 spiro atoms. The lowest BCUT2D eigenvalue weighted by atomic mass is 10.2. The van der Waals surface area contributed by atoms with Gasteiger partial charge in [-0.1, -0.05) is 5.21 Å². The van der Waals surface area contributed by atoms with Crippen molar-refractivity contribution in [3.8, 4) is 0 Å². The van der Waals surface area contributed by atoms with Gasteiger partial charge < -0.3 is 10.8 Å². The van der Waals surface area contributed by atoms with E-state index in [1.54, 1.807) is 6.20 Å². The zero-order valence-electron chi connectivity index (χ0n) is 7.43. The molecule has 1 aliphatic rings. The minimum atomic E-state index is -0.0429. The molecule has 1 saturated carbocycles. The minimum Gasteiger partial charge on any atom is -0.390 e. The van der Waals surface area contributed by atoms with E-state index in [4.69, 9.17) is 10.8 Å². The number of aromatic nitrogens is 3. The van der Waals surface area contributed by atoms with Crippen molar-refractivity contribution in [3.05, 3.63) is 11.9 Å². The fourth-order valence-electron chi connectivity index (χ4n) is 1.80. The van der Waals surface area contributed by atoms with E-state index in [1.807, 2.05) is 4.68 Å². The summed E-state index contributed by atoms with van der Waals surface area (Å²) in [4.78, 5) is 0. The Bertz CT molecular complexity index is 285. The molecule has 2 atom stereocenters. The van der Waals surface area contributed by atoms with Crippen LogP contribution in [0, 0.1) is 0 Å². The van der Waals surface area contributed by atoms with E-state index in [2.05, 4.69) is 10.3 Å². The largest absolute Gasteiger partial charge is 0.390 e. The molecule has 2 rings (SSSR count). The molecule has 5 nitrogen and oxygen atoms in total. The van der Waals surface area contributed by atoms with Crippen LogP contribution in [0.2, 0.25) is 0 Å². The molecule has 0 amide bonds. The van der Waals surface area contributed by atoms with Crippen LogP contribution in [0.3, 0.4) is 0 Å². The third-order valence-corrected chi connectivity index (χ3v) is 2.54. The Hall–Kier alpha value is -0.940. The molecule has 1 aromatic rings. The lowest BCUT2D eigenvalue weighted by Crippen LogP contribution is -2.16. The van der Waals surface area contributed by atoms with E-state index in [0.717, 1.165) is 19.3 Å². The topological polar surface area (TPSA) is 77.0 Å². The maximum atomic E-state index is 8.81. The molecule has 13 heavy (non-hydrogen) atoms. The molecule has 1 aromatic heterocycles. The van der Waals surface area contributed by atoms with Gasteiger partial charge in [-0.2, -0.15) is 0 Å². The summed E-state index contributed by atoms with van der Waals surface area (Å²) in [5, 5.41) is 16.6. The van der Waals surface area contributed by atoms with Gasteiger partial charge in [-0.25, -0.2) is 4.68 Å². The summed E-state index contributed by atoms with van der Waals surface area (Å²) in [6.45, 7) is -0.0429. The molecule has 2 unspecified atom stereocenters. The molecule has 0 bridgehead atoms. The number of nitrogens with zero attached hydrogens (tertiary/aromatic N) is 3. The smallest absolute Gasteiger partial charge is 0.108 e. The van der Waals surface area contributed by atoms with Crippen LogP contribution in [0.5, 0.6) is 0 Å². The van der Waals surface area contributed by atoms with Gasteiger partial charge in [-0.15, -0.1) is 5.10 Å². The lowest BCUT2D eigenvalue weighted by Gasteiger charge is -2.07. The van der Waals surface area contributed by atoms with E-state index in [-0.39, 0.29) is 6.61 Å². The van der Waals surface area contributed by atoms with Gasteiger partial charge in [0.15, 0.2) is 0 Å². The minimum absolute atomic E-state index is 0.0429. The van der Waals surface area contributed by atoms with Gasteiger partial charge in [-0.05, 0) is 19.3 Å². The molecule has 0 saturated heterocycles. The predicted molar refractivity (Wildman–Crippen MR) is 46.8 cm³/mol. The van der Waals surface area contributed by atoms with Gasteiger partial charge in [0.05, 0.1) is 18.8 Å². The molecule has 0 aromatic carbocycles. The van der Waals surface area contributed by atoms with E-state index < -0.39 is 0 Å². The van der Waals surface area contributed by atoms with Crippen LogP contribution in [0.1, 0.15) is 31.0 Å². The zero-order chi connectivity index (χ0) is 9.26. The molecule has 1 heterocycles. The monoisotopic (exact) mass is 182 g/mol. The van der Waals surface area contributed by atoms with Crippen LogP contribution >= 0.6 is 0 Å². The highest BCUT2D eigenvalue weighted by molar-refractivity contribution is 4.92. The van der Waals surface area contributed by atoms with Crippen molar-refractivity contribution in [2.75, 3.05) is 0 Å². The van der Waals surface area contributed by atoms with Crippen molar-refractivity contribution < 1.29 is 5.11 Å². The van der Waals surface area contributed by atoms with Crippen molar-refractivity contribution in [1.82, 2.24) is 15.0 Å². The van der Waals surface area contributed by atoms with Crippen molar-refractivity contribution in [2.24, 2.45) is 5.73 Å². The number of hydrogen-bond acceptors (Lipinski definition) is 4. The summed E-state index contributed by atoms with van der Waals surface area (Å²) < 4.78 is 1.82. The van der Waals surface area contributed by atoms with Crippen molar-refractivity contribution in [3.63, 3.8) is 0 Å². The van der Waals surface area contributed by atoms with Gasteiger partial charge in [0, 0.05) is 6.04 Å². The van der Waals surface area contributed by atoms with Crippen LogP contribution < -0.4 is 5.73 Å². The Morgan fingerprint density at radius 3 is 3.00 bits per heavy atom. The first-order chi connectivity index (χ1) is 6.29. The molecule has 72 valence electrons. The van der Waals surface area contributed by atoms with Crippen LogP contribution in [-0.2, 0) is 6.61 Å². The van der Waals surface area contributed by atoms with E-state index in [1.165, 1.54) is 0 Å². The Balaban J connectivity index is 2.08. The average Bonchev–Trinajstić information content (AvgIpc) is 2.71. The third kappa shape index (κ3) is 1.71. The molecule has 3 N–H and O–H groups in total. The van der Waals surface area contributed by atoms with Gasteiger partial charge in [-0.3, -0.25) is 0 Å². The summed E-state index contributed by atoms with van der Waals surface area (Å²) >= 11 is 0. The first kappa shape index (κ1) is 8.65. The normalized spacial score (nSPS) is 28.2. The summed E-state index contributed by atoms with van der Waals surface area (Å²) in [5.74, 6) is 0. The fourth-order valence-corrected chi connectivity index (χ4v) is 1.80.